The van der Waals surface area contributed by atoms with Gasteiger partial charge in [0.05, 0.1) is 15.3 Å². The third-order valence-electron chi connectivity index (χ3n) is 4.36. The molecule has 138 valence electrons. The van der Waals surface area contributed by atoms with Gasteiger partial charge in [0.15, 0.2) is 0 Å². The lowest BCUT2D eigenvalue weighted by Gasteiger charge is -2.22. The van der Waals surface area contributed by atoms with Crippen LogP contribution in [-0.4, -0.2) is 8.42 Å². The van der Waals surface area contributed by atoms with E-state index in [9.17, 15) is 13.2 Å². The first-order chi connectivity index (χ1) is 12.0. The highest BCUT2D eigenvalue weighted by Gasteiger charge is 2.23. The fourth-order valence-electron chi connectivity index (χ4n) is 2.69. The van der Waals surface area contributed by atoms with Crippen LogP contribution in [0.4, 0.5) is 5.69 Å². The van der Waals surface area contributed by atoms with Gasteiger partial charge in [-0.2, -0.15) is 0 Å². The van der Waals surface area contributed by atoms with Crippen molar-refractivity contribution >= 4 is 37.3 Å². The molecule has 0 fully saturated rings. The van der Waals surface area contributed by atoms with Crippen LogP contribution in [0.1, 0.15) is 37.5 Å². The lowest BCUT2D eigenvalue weighted by molar-refractivity contribution is 0.583. The van der Waals surface area contributed by atoms with Gasteiger partial charge in [-0.1, -0.05) is 38.2 Å². The van der Waals surface area contributed by atoms with Gasteiger partial charge < -0.3 is 4.42 Å². The molecule has 0 aliphatic heterocycles. The lowest BCUT2D eigenvalue weighted by atomic mass is 9.85. The lowest BCUT2D eigenvalue weighted by Crippen LogP contribution is -2.18. The summed E-state index contributed by atoms with van der Waals surface area (Å²) in [6.07, 6.45) is 0. The second-order valence-corrected chi connectivity index (χ2v) is 10.0. The molecule has 3 rings (SSSR count). The quantitative estimate of drug-likeness (QED) is 0.709. The first kappa shape index (κ1) is 18.7. The van der Waals surface area contributed by atoms with E-state index in [2.05, 4.69) is 25.5 Å². The van der Waals surface area contributed by atoms with Crippen LogP contribution in [0.3, 0.4) is 0 Å². The maximum Gasteiger partial charge on any atom is 0.396 e. The minimum Gasteiger partial charge on any atom is -0.414 e. The van der Waals surface area contributed by atoms with E-state index in [-0.39, 0.29) is 10.3 Å². The number of benzene rings is 2. The Bertz CT molecular complexity index is 1150. The van der Waals surface area contributed by atoms with E-state index in [0.717, 1.165) is 28.0 Å². The predicted octanol–water partition coefficient (Wildman–Crippen LogP) is 4.57. The number of aryl methyl sites for hydroxylation is 1. The molecule has 5 nitrogen and oxygen atoms in total. The van der Waals surface area contributed by atoms with Gasteiger partial charge >= 0.3 is 4.94 Å². The van der Waals surface area contributed by atoms with Crippen molar-refractivity contribution in [3.63, 3.8) is 0 Å². The molecule has 0 radical (unpaired) electrons. The maximum atomic E-state index is 13.0. The molecule has 7 heteroatoms. The second-order valence-electron chi connectivity index (χ2n) is 7.39. The van der Waals surface area contributed by atoms with Crippen molar-refractivity contribution in [1.29, 1.82) is 0 Å². The van der Waals surface area contributed by atoms with E-state index in [1.54, 1.807) is 31.2 Å². The Morgan fingerprint density at radius 2 is 1.77 bits per heavy atom. The molecule has 26 heavy (non-hydrogen) atoms. The zero-order valence-electron chi connectivity index (χ0n) is 15.3. The highest BCUT2D eigenvalue weighted by molar-refractivity contribution is 7.92. The minimum atomic E-state index is -3.77. The number of rotatable bonds is 3. The van der Waals surface area contributed by atoms with E-state index < -0.39 is 15.0 Å². The summed E-state index contributed by atoms with van der Waals surface area (Å²) in [7, 11) is -3.77. The van der Waals surface area contributed by atoms with E-state index in [1.165, 1.54) is 0 Å². The molecule has 1 N–H and O–H groups in total. The van der Waals surface area contributed by atoms with E-state index in [4.69, 9.17) is 4.42 Å². The van der Waals surface area contributed by atoms with Gasteiger partial charge in [-0.15, -0.1) is 0 Å². The molecule has 3 aromatic rings. The van der Waals surface area contributed by atoms with E-state index in [1.807, 2.05) is 13.0 Å². The fraction of sp³-hybridized carbons (Fsp3) is 0.316. The Balaban J connectivity index is 2.06. The molecule has 0 aliphatic carbocycles. The highest BCUT2D eigenvalue weighted by atomic mass is 32.2. The molecule has 0 atom stereocenters. The van der Waals surface area contributed by atoms with Crippen molar-refractivity contribution < 1.29 is 12.8 Å². The molecule has 1 heterocycles. The van der Waals surface area contributed by atoms with Crippen molar-refractivity contribution in [2.24, 2.45) is 0 Å². The number of sulfonamides is 1. The smallest absolute Gasteiger partial charge is 0.396 e. The zero-order chi connectivity index (χ0) is 19.3. The van der Waals surface area contributed by atoms with Crippen LogP contribution < -0.4 is 9.66 Å². The third kappa shape index (κ3) is 3.54. The normalized spacial score (nSPS) is 12.5. The molecule has 0 aliphatic rings. The largest absolute Gasteiger partial charge is 0.414 e. The molecular weight excluding hydrogens is 370 g/mol. The standard InChI is InChI=1S/C19H21NO4S2/c1-11-8-13(19(3,4)5)9-17(12(11)2)26(22,23)20-14-6-7-15-16(10-14)25-18(21)24-15/h6-10,20H,1-5H3. The van der Waals surface area contributed by atoms with Crippen LogP contribution in [0.25, 0.3) is 10.3 Å². The average Bonchev–Trinajstić information content (AvgIpc) is 2.87. The zero-order valence-corrected chi connectivity index (χ0v) is 17.0. The number of anilines is 1. The van der Waals surface area contributed by atoms with Crippen LogP contribution >= 0.6 is 11.3 Å². The van der Waals surface area contributed by atoms with E-state index in [0.29, 0.717) is 16.0 Å². The first-order valence-corrected chi connectivity index (χ1v) is 10.5. The summed E-state index contributed by atoms with van der Waals surface area (Å²) < 4.78 is 34.2. The van der Waals surface area contributed by atoms with Crippen molar-refractivity contribution in [3.8, 4) is 0 Å². The number of hydrogen-bond donors (Lipinski definition) is 1. The van der Waals surface area contributed by atoms with Gasteiger partial charge in [-0.05, 0) is 60.2 Å². The maximum absolute atomic E-state index is 13.0. The molecule has 0 saturated heterocycles. The Morgan fingerprint density at radius 3 is 2.42 bits per heavy atom. The Labute approximate surface area is 156 Å². The molecule has 0 bridgehead atoms. The second kappa shape index (κ2) is 6.25. The molecule has 0 saturated carbocycles. The van der Waals surface area contributed by atoms with Crippen molar-refractivity contribution in [3.05, 3.63) is 56.8 Å². The van der Waals surface area contributed by atoms with Crippen LogP contribution in [0.5, 0.6) is 0 Å². The number of hydrogen-bond acceptors (Lipinski definition) is 5. The number of fused-ring (bicyclic) bond motifs is 1. The van der Waals surface area contributed by atoms with Crippen LogP contribution in [-0.2, 0) is 15.4 Å². The molecule has 0 spiro atoms. The van der Waals surface area contributed by atoms with Crippen molar-refractivity contribution in [2.75, 3.05) is 4.72 Å². The van der Waals surface area contributed by atoms with Crippen LogP contribution in [0.15, 0.2) is 44.4 Å². The summed E-state index contributed by atoms with van der Waals surface area (Å²) in [5.74, 6) is 0. The predicted molar refractivity (Wildman–Crippen MR) is 106 cm³/mol. The highest BCUT2D eigenvalue weighted by Crippen LogP contribution is 2.30. The first-order valence-electron chi connectivity index (χ1n) is 8.15. The van der Waals surface area contributed by atoms with Gasteiger partial charge in [0, 0.05) is 0 Å². The number of nitrogens with one attached hydrogen (secondary N) is 1. The van der Waals surface area contributed by atoms with Crippen LogP contribution in [0, 0.1) is 13.8 Å². The fourth-order valence-corrected chi connectivity index (χ4v) is 4.79. The SMILES string of the molecule is Cc1cc(C(C)(C)C)cc(S(=O)(=O)Nc2ccc3oc(=O)sc3c2)c1C. The van der Waals surface area contributed by atoms with Crippen molar-refractivity contribution in [1.82, 2.24) is 0 Å². The summed E-state index contributed by atoms with van der Waals surface area (Å²) >= 11 is 0.942. The minimum absolute atomic E-state index is 0.162. The van der Waals surface area contributed by atoms with E-state index >= 15 is 0 Å². The van der Waals surface area contributed by atoms with Gasteiger partial charge in [0.25, 0.3) is 10.0 Å². The summed E-state index contributed by atoms with van der Waals surface area (Å²) in [6.45, 7) is 9.88. The molecule has 0 unspecified atom stereocenters. The van der Waals surface area contributed by atoms with Crippen LogP contribution in [0.2, 0.25) is 0 Å². The van der Waals surface area contributed by atoms with Crippen molar-refractivity contribution in [2.45, 2.75) is 44.9 Å². The molecular formula is C19H21NO4S2. The summed E-state index contributed by atoms with van der Waals surface area (Å²) in [4.78, 5) is 11.2. The van der Waals surface area contributed by atoms with Gasteiger partial charge in [-0.3, -0.25) is 4.72 Å². The molecule has 2 aromatic carbocycles. The monoisotopic (exact) mass is 391 g/mol. The Hall–Kier alpha value is -2.12. The summed E-state index contributed by atoms with van der Waals surface area (Å²) in [5, 5.41) is 0. The average molecular weight is 392 g/mol. The summed E-state index contributed by atoms with van der Waals surface area (Å²) in [6, 6.07) is 8.56. The van der Waals surface area contributed by atoms with Gasteiger partial charge in [0.2, 0.25) is 0 Å². The Morgan fingerprint density at radius 1 is 1.08 bits per heavy atom. The molecule has 1 aromatic heterocycles. The molecule has 0 amide bonds. The van der Waals surface area contributed by atoms with Gasteiger partial charge in [0.1, 0.15) is 5.58 Å². The topological polar surface area (TPSA) is 76.4 Å². The summed E-state index contributed by atoms with van der Waals surface area (Å²) in [5.41, 5.74) is 3.30. The van der Waals surface area contributed by atoms with Gasteiger partial charge in [-0.25, -0.2) is 13.2 Å². The Kier molecular flexibility index (Phi) is 4.48. The third-order valence-corrected chi connectivity index (χ3v) is 6.65.